The zero-order valence-corrected chi connectivity index (χ0v) is 15.6. The molecule has 2 aromatic heterocycles. The number of rotatable bonds is 5. The molecule has 3 heterocycles. The first-order valence-electron chi connectivity index (χ1n) is 9.30. The van der Waals surface area contributed by atoms with E-state index in [1.807, 2.05) is 13.0 Å². The lowest BCUT2D eigenvalue weighted by molar-refractivity contribution is 0.284. The van der Waals surface area contributed by atoms with E-state index < -0.39 is 0 Å². The molecule has 138 valence electrons. The second-order valence-electron chi connectivity index (χ2n) is 6.88. The minimum Gasteiger partial charge on any atom is -0.493 e. The normalized spacial score (nSPS) is 14.1. The fourth-order valence-electron chi connectivity index (χ4n) is 3.31. The summed E-state index contributed by atoms with van der Waals surface area (Å²) in [6, 6.07) is 8.38. The van der Waals surface area contributed by atoms with Gasteiger partial charge in [0.05, 0.1) is 12.3 Å². The Labute approximate surface area is 159 Å². The van der Waals surface area contributed by atoms with Gasteiger partial charge in [-0.1, -0.05) is 25.1 Å². The molecule has 1 aliphatic rings. The molecule has 1 atom stereocenters. The molecule has 0 bridgehead atoms. The number of hydrogen-bond donors (Lipinski definition) is 1. The minimum absolute atomic E-state index is 0.305. The first-order chi connectivity index (χ1) is 13.2. The fourth-order valence-corrected chi connectivity index (χ4v) is 3.31. The third-order valence-corrected chi connectivity index (χ3v) is 4.83. The van der Waals surface area contributed by atoms with Crippen LogP contribution in [0.3, 0.4) is 0 Å². The van der Waals surface area contributed by atoms with Crippen LogP contribution in [0.2, 0.25) is 0 Å². The van der Waals surface area contributed by atoms with Crippen molar-refractivity contribution < 1.29 is 4.74 Å². The zero-order chi connectivity index (χ0) is 18.6. The molecule has 0 saturated carbocycles. The topological polar surface area (TPSA) is 72.8 Å². The lowest BCUT2D eigenvalue weighted by Crippen LogP contribution is -2.15. The van der Waals surface area contributed by atoms with Gasteiger partial charge in [-0.2, -0.15) is 0 Å². The Balaban J connectivity index is 1.48. The van der Waals surface area contributed by atoms with E-state index in [4.69, 9.17) is 4.74 Å². The molecule has 0 fully saturated rings. The summed E-state index contributed by atoms with van der Waals surface area (Å²) in [4.78, 5) is 17.1. The van der Waals surface area contributed by atoms with Crippen LogP contribution in [0.25, 0.3) is 11.3 Å². The summed E-state index contributed by atoms with van der Waals surface area (Å²) in [5, 5.41) is 3.42. The van der Waals surface area contributed by atoms with E-state index in [9.17, 15) is 0 Å². The van der Waals surface area contributed by atoms with E-state index in [0.29, 0.717) is 5.92 Å². The molecule has 3 aromatic rings. The third-order valence-electron chi connectivity index (χ3n) is 4.83. The zero-order valence-electron chi connectivity index (χ0n) is 15.6. The van der Waals surface area contributed by atoms with Crippen LogP contribution in [-0.4, -0.2) is 33.1 Å². The molecule has 6 heteroatoms. The molecular weight excluding hydrogens is 338 g/mol. The van der Waals surface area contributed by atoms with Gasteiger partial charge in [0.2, 0.25) is 0 Å². The van der Waals surface area contributed by atoms with Crippen LogP contribution in [0.5, 0.6) is 5.75 Å². The average molecular weight is 361 g/mol. The standard InChI is InChI=1S/C21H23N5O/c1-14(18-7-3-5-16-6-4-8-27-21(16)18)10-24-20-9-19(25-13-26-20)17-11-22-15(2)23-12-17/h3,5,7,9,11-14H,4,6,8,10H2,1-2H3,(H,24,25,26)/t14-/m1/s1. The van der Waals surface area contributed by atoms with Crippen LogP contribution in [0, 0.1) is 6.92 Å². The molecule has 0 saturated heterocycles. The van der Waals surface area contributed by atoms with Crippen LogP contribution in [-0.2, 0) is 6.42 Å². The van der Waals surface area contributed by atoms with E-state index in [0.717, 1.165) is 54.6 Å². The number of nitrogens with zero attached hydrogens (tertiary/aromatic N) is 4. The summed E-state index contributed by atoms with van der Waals surface area (Å²) in [7, 11) is 0. The van der Waals surface area contributed by atoms with Crippen LogP contribution < -0.4 is 10.1 Å². The van der Waals surface area contributed by atoms with Crippen molar-refractivity contribution in [2.45, 2.75) is 32.6 Å². The largest absolute Gasteiger partial charge is 0.493 e. The highest BCUT2D eigenvalue weighted by atomic mass is 16.5. The quantitative estimate of drug-likeness (QED) is 0.745. The van der Waals surface area contributed by atoms with E-state index >= 15 is 0 Å². The number of para-hydroxylation sites is 1. The molecule has 4 rings (SSSR count). The van der Waals surface area contributed by atoms with Gasteiger partial charge in [0.25, 0.3) is 0 Å². The summed E-state index contributed by atoms with van der Waals surface area (Å²) in [5.74, 6) is 2.91. The summed E-state index contributed by atoms with van der Waals surface area (Å²) in [5.41, 5.74) is 4.25. The highest BCUT2D eigenvalue weighted by molar-refractivity contribution is 5.60. The van der Waals surface area contributed by atoms with Gasteiger partial charge < -0.3 is 10.1 Å². The molecule has 1 aromatic carbocycles. The fraction of sp³-hybridized carbons (Fsp3) is 0.333. The van der Waals surface area contributed by atoms with Gasteiger partial charge in [-0.05, 0) is 30.9 Å². The smallest absolute Gasteiger partial charge is 0.129 e. The maximum atomic E-state index is 5.95. The van der Waals surface area contributed by atoms with Crippen molar-refractivity contribution in [3.8, 4) is 17.0 Å². The molecule has 0 aliphatic carbocycles. The highest BCUT2D eigenvalue weighted by Gasteiger charge is 2.18. The lowest BCUT2D eigenvalue weighted by atomic mass is 9.94. The van der Waals surface area contributed by atoms with E-state index in [-0.39, 0.29) is 0 Å². The van der Waals surface area contributed by atoms with Gasteiger partial charge in [0.1, 0.15) is 23.7 Å². The van der Waals surface area contributed by atoms with Crippen molar-refractivity contribution in [3.63, 3.8) is 0 Å². The van der Waals surface area contributed by atoms with Crippen LogP contribution in [0.1, 0.15) is 36.2 Å². The predicted octanol–water partition coefficient (Wildman–Crippen LogP) is 3.78. The molecule has 0 unspecified atom stereocenters. The van der Waals surface area contributed by atoms with Crippen molar-refractivity contribution >= 4 is 5.82 Å². The third kappa shape index (κ3) is 3.89. The molecule has 0 spiro atoms. The van der Waals surface area contributed by atoms with Gasteiger partial charge in [-0.25, -0.2) is 19.9 Å². The second-order valence-corrected chi connectivity index (χ2v) is 6.88. The Kier molecular flexibility index (Phi) is 4.96. The molecule has 0 amide bonds. The van der Waals surface area contributed by atoms with E-state index in [2.05, 4.69) is 50.4 Å². The number of aryl methyl sites for hydroxylation is 2. The van der Waals surface area contributed by atoms with Crippen molar-refractivity contribution in [2.24, 2.45) is 0 Å². The van der Waals surface area contributed by atoms with Crippen molar-refractivity contribution in [2.75, 3.05) is 18.5 Å². The van der Waals surface area contributed by atoms with Crippen molar-refractivity contribution in [3.05, 3.63) is 59.9 Å². The molecular formula is C21H23N5O. The maximum Gasteiger partial charge on any atom is 0.129 e. The monoisotopic (exact) mass is 361 g/mol. The van der Waals surface area contributed by atoms with Gasteiger partial charge in [-0.3, -0.25) is 0 Å². The average Bonchev–Trinajstić information content (AvgIpc) is 2.72. The van der Waals surface area contributed by atoms with Crippen LogP contribution in [0.15, 0.2) is 43.0 Å². The minimum atomic E-state index is 0.305. The Bertz CT molecular complexity index is 926. The number of hydrogen-bond acceptors (Lipinski definition) is 6. The summed E-state index contributed by atoms with van der Waals surface area (Å²) >= 11 is 0. The predicted molar refractivity (Wildman–Crippen MR) is 105 cm³/mol. The number of nitrogens with one attached hydrogen (secondary N) is 1. The Morgan fingerprint density at radius 1 is 1.15 bits per heavy atom. The number of anilines is 1. The number of aromatic nitrogens is 4. The molecule has 1 aliphatic heterocycles. The Morgan fingerprint density at radius 3 is 2.85 bits per heavy atom. The van der Waals surface area contributed by atoms with Gasteiger partial charge in [0, 0.05) is 36.5 Å². The van der Waals surface area contributed by atoms with Gasteiger partial charge in [0.15, 0.2) is 0 Å². The van der Waals surface area contributed by atoms with E-state index in [1.165, 1.54) is 11.1 Å². The summed E-state index contributed by atoms with van der Waals surface area (Å²) < 4.78 is 5.95. The van der Waals surface area contributed by atoms with E-state index in [1.54, 1.807) is 18.7 Å². The molecule has 1 N–H and O–H groups in total. The molecule has 0 radical (unpaired) electrons. The van der Waals surface area contributed by atoms with Crippen LogP contribution in [0.4, 0.5) is 5.82 Å². The maximum absolute atomic E-state index is 5.95. The summed E-state index contributed by atoms with van der Waals surface area (Å²) in [6.45, 7) is 5.64. The first-order valence-corrected chi connectivity index (χ1v) is 9.30. The second kappa shape index (κ2) is 7.70. The van der Waals surface area contributed by atoms with Crippen LogP contribution >= 0.6 is 0 Å². The van der Waals surface area contributed by atoms with Crippen molar-refractivity contribution in [1.29, 1.82) is 0 Å². The molecule has 6 nitrogen and oxygen atoms in total. The van der Waals surface area contributed by atoms with Gasteiger partial charge >= 0.3 is 0 Å². The molecule has 27 heavy (non-hydrogen) atoms. The number of benzene rings is 1. The van der Waals surface area contributed by atoms with Gasteiger partial charge in [-0.15, -0.1) is 0 Å². The first kappa shape index (κ1) is 17.4. The SMILES string of the molecule is Cc1ncc(-c2cc(NC[C@@H](C)c3cccc4c3OCCC4)ncn2)cn1. The number of fused-ring (bicyclic) bond motifs is 1. The summed E-state index contributed by atoms with van der Waals surface area (Å²) in [6.07, 6.45) is 7.32. The van der Waals surface area contributed by atoms with Crippen molar-refractivity contribution in [1.82, 2.24) is 19.9 Å². The Morgan fingerprint density at radius 2 is 2.00 bits per heavy atom. The highest BCUT2D eigenvalue weighted by Crippen LogP contribution is 2.33. The Hall–Kier alpha value is -3.02. The number of ether oxygens (including phenoxy) is 1. The lowest BCUT2D eigenvalue weighted by Gasteiger charge is -2.23.